The van der Waals surface area contributed by atoms with Crippen LogP contribution in [0.1, 0.15) is 16.1 Å². The number of hydrogen-bond donors (Lipinski definition) is 0. The predicted octanol–water partition coefficient (Wildman–Crippen LogP) is 3.37. The average Bonchev–Trinajstić information content (AvgIpc) is 3.03. The first-order valence-corrected chi connectivity index (χ1v) is 8.07. The summed E-state index contributed by atoms with van der Waals surface area (Å²) < 4.78 is 7.01. The first kappa shape index (κ1) is 16.8. The standard InChI is InChI=1S/C20H21N3O2/c1-22(14-15-9-5-4-6-10-15)20(24)18-13-17(21-23(18)2)16-11-7-8-12-19(16)25-3/h4-13H,14H2,1-3H3. The minimum atomic E-state index is -0.0694. The summed E-state index contributed by atoms with van der Waals surface area (Å²) in [6, 6.07) is 19.4. The summed E-state index contributed by atoms with van der Waals surface area (Å²) in [5, 5.41) is 4.49. The van der Waals surface area contributed by atoms with Gasteiger partial charge in [0.2, 0.25) is 0 Å². The molecule has 0 N–H and O–H groups in total. The number of carbonyl (C=O) groups is 1. The Balaban J connectivity index is 1.85. The van der Waals surface area contributed by atoms with Gasteiger partial charge >= 0.3 is 0 Å². The fraction of sp³-hybridized carbons (Fsp3) is 0.200. The van der Waals surface area contributed by atoms with E-state index >= 15 is 0 Å². The first-order valence-electron chi connectivity index (χ1n) is 8.07. The van der Waals surface area contributed by atoms with E-state index in [1.807, 2.05) is 60.7 Å². The van der Waals surface area contributed by atoms with Gasteiger partial charge in [0.1, 0.15) is 11.4 Å². The molecule has 1 heterocycles. The fourth-order valence-electron chi connectivity index (χ4n) is 2.78. The molecule has 0 atom stereocenters. The van der Waals surface area contributed by atoms with Crippen molar-refractivity contribution < 1.29 is 9.53 Å². The average molecular weight is 335 g/mol. The van der Waals surface area contributed by atoms with Gasteiger partial charge in [-0.15, -0.1) is 0 Å². The van der Waals surface area contributed by atoms with Gasteiger partial charge in [0, 0.05) is 26.2 Å². The van der Waals surface area contributed by atoms with E-state index in [9.17, 15) is 4.79 Å². The van der Waals surface area contributed by atoms with Crippen LogP contribution in [0.3, 0.4) is 0 Å². The van der Waals surface area contributed by atoms with E-state index in [1.165, 1.54) is 0 Å². The molecule has 1 aromatic heterocycles. The third-order valence-electron chi connectivity index (χ3n) is 4.09. The Morgan fingerprint density at radius 1 is 1.12 bits per heavy atom. The highest BCUT2D eigenvalue weighted by Gasteiger charge is 2.19. The van der Waals surface area contributed by atoms with Crippen molar-refractivity contribution >= 4 is 5.91 Å². The van der Waals surface area contributed by atoms with Crippen molar-refractivity contribution in [1.29, 1.82) is 0 Å². The molecular formula is C20H21N3O2. The van der Waals surface area contributed by atoms with Crippen molar-refractivity contribution in [2.45, 2.75) is 6.54 Å². The monoisotopic (exact) mass is 335 g/mol. The van der Waals surface area contributed by atoms with Gasteiger partial charge in [-0.25, -0.2) is 0 Å². The summed E-state index contributed by atoms with van der Waals surface area (Å²) in [5.74, 6) is 0.664. The molecule has 0 saturated heterocycles. The summed E-state index contributed by atoms with van der Waals surface area (Å²) in [5.41, 5.74) is 3.21. The number of nitrogens with zero attached hydrogens (tertiary/aromatic N) is 3. The molecule has 25 heavy (non-hydrogen) atoms. The van der Waals surface area contributed by atoms with Crippen LogP contribution in [0.15, 0.2) is 60.7 Å². The van der Waals surface area contributed by atoms with Gasteiger partial charge in [-0.2, -0.15) is 5.10 Å². The molecular weight excluding hydrogens is 314 g/mol. The molecule has 1 amide bonds. The van der Waals surface area contributed by atoms with Crippen molar-refractivity contribution in [3.05, 3.63) is 71.9 Å². The number of benzene rings is 2. The zero-order valence-corrected chi connectivity index (χ0v) is 14.6. The zero-order valence-electron chi connectivity index (χ0n) is 14.6. The van der Waals surface area contributed by atoms with Crippen LogP contribution in [0.4, 0.5) is 0 Å². The van der Waals surface area contributed by atoms with Crippen molar-refractivity contribution in [1.82, 2.24) is 14.7 Å². The minimum absolute atomic E-state index is 0.0694. The van der Waals surface area contributed by atoms with Gasteiger partial charge in [-0.1, -0.05) is 42.5 Å². The van der Waals surface area contributed by atoms with Gasteiger partial charge in [0.05, 0.1) is 12.8 Å². The smallest absolute Gasteiger partial charge is 0.272 e. The number of aryl methyl sites for hydroxylation is 1. The molecule has 0 bridgehead atoms. The molecule has 0 saturated carbocycles. The van der Waals surface area contributed by atoms with Crippen molar-refractivity contribution in [3.63, 3.8) is 0 Å². The van der Waals surface area contributed by atoms with Gasteiger partial charge in [0.15, 0.2) is 0 Å². The number of aromatic nitrogens is 2. The van der Waals surface area contributed by atoms with E-state index in [2.05, 4.69) is 5.10 Å². The SMILES string of the molecule is COc1ccccc1-c1cc(C(=O)N(C)Cc2ccccc2)n(C)n1. The predicted molar refractivity (Wildman–Crippen MR) is 97.4 cm³/mol. The van der Waals surface area contributed by atoms with Gasteiger partial charge < -0.3 is 9.64 Å². The molecule has 0 spiro atoms. The van der Waals surface area contributed by atoms with Crippen LogP contribution in [0.5, 0.6) is 5.75 Å². The van der Waals surface area contributed by atoms with Crippen LogP contribution in [0.25, 0.3) is 11.3 Å². The highest BCUT2D eigenvalue weighted by atomic mass is 16.5. The lowest BCUT2D eigenvalue weighted by Crippen LogP contribution is -2.28. The topological polar surface area (TPSA) is 47.4 Å². The number of rotatable bonds is 5. The molecule has 3 rings (SSSR count). The van der Waals surface area contributed by atoms with Crippen LogP contribution >= 0.6 is 0 Å². The maximum absolute atomic E-state index is 12.8. The zero-order chi connectivity index (χ0) is 17.8. The van der Waals surface area contributed by atoms with Gasteiger partial charge in [-0.05, 0) is 23.8 Å². The van der Waals surface area contributed by atoms with Crippen LogP contribution in [-0.4, -0.2) is 34.7 Å². The Bertz CT molecular complexity index is 872. The lowest BCUT2D eigenvalue weighted by Gasteiger charge is -2.17. The van der Waals surface area contributed by atoms with E-state index in [-0.39, 0.29) is 5.91 Å². The molecule has 0 aliphatic rings. The maximum Gasteiger partial charge on any atom is 0.272 e. The molecule has 0 aliphatic heterocycles. The molecule has 0 aliphatic carbocycles. The summed E-state index contributed by atoms with van der Waals surface area (Å²) in [6.07, 6.45) is 0. The Kier molecular flexibility index (Phi) is 4.84. The van der Waals surface area contributed by atoms with Crippen LogP contribution in [0.2, 0.25) is 0 Å². The van der Waals surface area contributed by atoms with Crippen LogP contribution in [0, 0.1) is 0 Å². The number of carbonyl (C=O) groups excluding carboxylic acids is 1. The Morgan fingerprint density at radius 3 is 2.52 bits per heavy atom. The Labute approximate surface area is 147 Å². The Morgan fingerprint density at radius 2 is 1.80 bits per heavy atom. The Hall–Kier alpha value is -3.08. The van der Waals surface area contributed by atoms with E-state index in [0.717, 1.165) is 22.6 Å². The highest BCUT2D eigenvalue weighted by molar-refractivity contribution is 5.93. The van der Waals surface area contributed by atoms with E-state index in [4.69, 9.17) is 4.74 Å². The quantitative estimate of drug-likeness (QED) is 0.718. The molecule has 5 heteroatoms. The van der Waals surface area contributed by atoms with E-state index in [1.54, 1.807) is 30.8 Å². The molecule has 5 nitrogen and oxygen atoms in total. The van der Waals surface area contributed by atoms with Crippen molar-refractivity contribution in [2.75, 3.05) is 14.2 Å². The summed E-state index contributed by atoms with van der Waals surface area (Å²) in [6.45, 7) is 0.550. The second-order valence-electron chi connectivity index (χ2n) is 5.89. The largest absolute Gasteiger partial charge is 0.496 e. The molecule has 0 radical (unpaired) electrons. The molecule has 128 valence electrons. The second kappa shape index (κ2) is 7.21. The fourth-order valence-corrected chi connectivity index (χ4v) is 2.78. The third-order valence-corrected chi connectivity index (χ3v) is 4.09. The third kappa shape index (κ3) is 3.55. The minimum Gasteiger partial charge on any atom is -0.496 e. The summed E-state index contributed by atoms with van der Waals surface area (Å²) in [7, 11) is 5.20. The summed E-state index contributed by atoms with van der Waals surface area (Å²) in [4.78, 5) is 14.5. The normalized spacial score (nSPS) is 10.5. The second-order valence-corrected chi connectivity index (χ2v) is 5.89. The number of hydrogen-bond acceptors (Lipinski definition) is 3. The van der Waals surface area contributed by atoms with Crippen molar-refractivity contribution in [2.24, 2.45) is 7.05 Å². The van der Waals surface area contributed by atoms with Gasteiger partial charge in [0.25, 0.3) is 5.91 Å². The highest BCUT2D eigenvalue weighted by Crippen LogP contribution is 2.29. The van der Waals surface area contributed by atoms with Crippen molar-refractivity contribution in [3.8, 4) is 17.0 Å². The van der Waals surface area contributed by atoms with E-state index in [0.29, 0.717) is 12.2 Å². The molecule has 0 unspecified atom stereocenters. The molecule has 3 aromatic rings. The number of methoxy groups -OCH3 is 1. The van der Waals surface area contributed by atoms with Crippen LogP contribution in [-0.2, 0) is 13.6 Å². The molecule has 2 aromatic carbocycles. The maximum atomic E-state index is 12.8. The van der Waals surface area contributed by atoms with Gasteiger partial charge in [-0.3, -0.25) is 9.48 Å². The molecule has 0 fully saturated rings. The van der Waals surface area contributed by atoms with Crippen LogP contribution < -0.4 is 4.74 Å². The van der Waals surface area contributed by atoms with E-state index < -0.39 is 0 Å². The first-order chi connectivity index (χ1) is 12.1. The number of amides is 1. The summed E-state index contributed by atoms with van der Waals surface area (Å²) >= 11 is 0. The lowest BCUT2D eigenvalue weighted by molar-refractivity contribution is 0.0774. The number of ether oxygens (including phenoxy) is 1. The lowest BCUT2D eigenvalue weighted by atomic mass is 10.1. The number of para-hydroxylation sites is 1.